The summed E-state index contributed by atoms with van der Waals surface area (Å²) in [5, 5.41) is 3.10. The second kappa shape index (κ2) is 16.9. The number of carbonyl (C=O) groups is 1. The van der Waals surface area contributed by atoms with E-state index in [0.29, 0.717) is 19.5 Å². The largest absolute Gasteiger partial charge is 0.371 e. The molecule has 0 atom stereocenters. The van der Waals surface area contributed by atoms with E-state index in [1.54, 1.807) is 0 Å². The molecule has 0 unspecified atom stereocenters. The number of rotatable bonds is 12. The van der Waals surface area contributed by atoms with Crippen LogP contribution in [-0.4, -0.2) is 32.1 Å². The topological polar surface area (TPSA) is 76.4 Å². The molecule has 0 aromatic rings. The summed E-state index contributed by atoms with van der Waals surface area (Å²) in [5.41, 5.74) is 7.96. The first-order chi connectivity index (χ1) is 8.31. The van der Waals surface area contributed by atoms with Gasteiger partial charge in [-0.1, -0.05) is 32.6 Å². The summed E-state index contributed by atoms with van der Waals surface area (Å²) < 4.78 is 0. The molecular formula is C12H27MnN3O2. The Morgan fingerprint density at radius 2 is 1.83 bits per heavy atom. The van der Waals surface area contributed by atoms with Crippen LogP contribution in [0.4, 0.5) is 0 Å². The summed E-state index contributed by atoms with van der Waals surface area (Å²) in [7, 11) is 0. The first kappa shape index (κ1) is 20.2. The molecule has 0 aromatic carbocycles. The van der Waals surface area contributed by atoms with E-state index >= 15 is 0 Å². The summed E-state index contributed by atoms with van der Waals surface area (Å²) in [4.78, 5) is 16.1. The smallest absolute Gasteiger partial charge is 0.324 e. The maximum atomic E-state index is 11.2. The van der Waals surface area contributed by atoms with Gasteiger partial charge in [0.05, 0.1) is 0 Å². The van der Waals surface area contributed by atoms with Crippen molar-refractivity contribution >= 4 is 5.97 Å². The molecule has 0 amide bonds. The molecular weight excluding hydrogens is 273 g/mol. The van der Waals surface area contributed by atoms with E-state index in [9.17, 15) is 4.79 Å². The van der Waals surface area contributed by atoms with Crippen LogP contribution < -0.4 is 16.5 Å². The zero-order chi connectivity index (χ0) is 12.8. The van der Waals surface area contributed by atoms with Gasteiger partial charge >= 0.3 is 5.97 Å². The van der Waals surface area contributed by atoms with Gasteiger partial charge in [-0.05, 0) is 6.42 Å². The molecule has 0 fully saturated rings. The molecule has 0 aromatic heterocycles. The van der Waals surface area contributed by atoms with Gasteiger partial charge in [0.25, 0.3) is 0 Å². The molecule has 0 aliphatic carbocycles. The molecule has 0 aliphatic rings. The molecule has 0 bridgehead atoms. The fraction of sp³-hybridized carbons (Fsp3) is 0.917. The summed E-state index contributed by atoms with van der Waals surface area (Å²) >= 11 is 0. The van der Waals surface area contributed by atoms with Gasteiger partial charge in [-0.3, -0.25) is 4.79 Å². The third-order valence-corrected chi connectivity index (χ3v) is 2.40. The van der Waals surface area contributed by atoms with Crippen molar-refractivity contribution in [2.45, 2.75) is 45.4 Å². The number of nitrogens with two attached hydrogens (primary N) is 1. The first-order valence-corrected chi connectivity index (χ1v) is 6.64. The van der Waals surface area contributed by atoms with Gasteiger partial charge in [-0.2, -0.15) is 5.48 Å². The summed E-state index contributed by atoms with van der Waals surface area (Å²) in [6, 6.07) is 0. The number of hydroxylamine groups is 1. The van der Waals surface area contributed by atoms with E-state index in [-0.39, 0.29) is 23.0 Å². The average molecular weight is 300 g/mol. The van der Waals surface area contributed by atoms with Crippen molar-refractivity contribution < 1.29 is 26.7 Å². The second-order valence-corrected chi connectivity index (χ2v) is 4.07. The van der Waals surface area contributed by atoms with Crippen LogP contribution in [0.25, 0.3) is 0 Å². The van der Waals surface area contributed by atoms with Crippen molar-refractivity contribution in [1.29, 1.82) is 0 Å². The van der Waals surface area contributed by atoms with Gasteiger partial charge in [-0.25, -0.2) is 0 Å². The Hall–Kier alpha value is -0.131. The van der Waals surface area contributed by atoms with Gasteiger partial charge in [0, 0.05) is 49.7 Å². The predicted molar refractivity (Wildman–Crippen MR) is 69.4 cm³/mol. The minimum atomic E-state index is -0.166. The maximum Gasteiger partial charge on any atom is 0.324 e. The first-order valence-electron chi connectivity index (χ1n) is 6.64. The Balaban J connectivity index is 0. The molecule has 5 nitrogen and oxygen atoms in total. The molecule has 109 valence electrons. The molecule has 0 saturated heterocycles. The van der Waals surface area contributed by atoms with Crippen LogP contribution >= 0.6 is 0 Å². The normalized spacial score (nSPS) is 9.89. The number of unbranched alkanes of at least 4 members (excludes halogenated alkanes) is 4. The monoisotopic (exact) mass is 300 g/mol. The second-order valence-electron chi connectivity index (χ2n) is 4.07. The predicted octanol–water partition coefficient (Wildman–Crippen LogP) is 0.941. The minimum absolute atomic E-state index is 0. The van der Waals surface area contributed by atoms with Crippen molar-refractivity contribution in [2.75, 3.05) is 26.2 Å². The van der Waals surface area contributed by atoms with Crippen LogP contribution in [0, 0.1) is 0 Å². The Morgan fingerprint density at radius 1 is 1.11 bits per heavy atom. The molecule has 18 heavy (non-hydrogen) atoms. The number of hydrogen-bond donors (Lipinski definition) is 3. The number of nitrogens with one attached hydrogen (secondary N) is 2. The molecule has 0 heterocycles. The zero-order valence-corrected chi connectivity index (χ0v) is 12.5. The summed E-state index contributed by atoms with van der Waals surface area (Å²) in [6.07, 6.45) is 6.22. The fourth-order valence-electron chi connectivity index (χ4n) is 1.42. The van der Waals surface area contributed by atoms with Crippen LogP contribution in [0.5, 0.6) is 0 Å². The minimum Gasteiger partial charge on any atom is -0.371 e. The fourth-order valence-corrected chi connectivity index (χ4v) is 1.42. The van der Waals surface area contributed by atoms with Crippen LogP contribution in [0.15, 0.2) is 0 Å². The summed E-state index contributed by atoms with van der Waals surface area (Å²) in [6.45, 7) is 4.95. The van der Waals surface area contributed by atoms with Crippen LogP contribution in [0.1, 0.15) is 45.4 Å². The van der Waals surface area contributed by atoms with E-state index in [1.807, 2.05) is 0 Å². The standard InChI is InChI=1S/C12H27N3O2.Mn/c1-2-3-4-5-6-7-12(16)17-15-11-10-14-9-8-13;/h14-15H,2-11,13H2,1H3;. The molecule has 0 spiro atoms. The average Bonchev–Trinajstić information content (AvgIpc) is 2.33. The van der Waals surface area contributed by atoms with Gasteiger partial charge < -0.3 is 15.9 Å². The van der Waals surface area contributed by atoms with Gasteiger partial charge in [-0.15, -0.1) is 0 Å². The van der Waals surface area contributed by atoms with E-state index in [1.165, 1.54) is 19.3 Å². The molecule has 6 heteroatoms. The molecule has 4 N–H and O–H groups in total. The Labute approximate surface area is 121 Å². The summed E-state index contributed by atoms with van der Waals surface area (Å²) in [5.74, 6) is -0.166. The van der Waals surface area contributed by atoms with Crippen LogP contribution in [0.3, 0.4) is 0 Å². The van der Waals surface area contributed by atoms with Crippen molar-refractivity contribution in [3.8, 4) is 0 Å². The number of carbonyl (C=O) groups excluding carboxylic acids is 1. The van der Waals surface area contributed by atoms with E-state index < -0.39 is 0 Å². The van der Waals surface area contributed by atoms with Crippen LogP contribution in [0.2, 0.25) is 0 Å². The van der Waals surface area contributed by atoms with E-state index in [4.69, 9.17) is 10.6 Å². The maximum absolute atomic E-state index is 11.2. The van der Waals surface area contributed by atoms with Crippen LogP contribution in [-0.2, 0) is 26.7 Å². The Morgan fingerprint density at radius 3 is 2.50 bits per heavy atom. The van der Waals surface area contributed by atoms with Crippen molar-refractivity contribution in [1.82, 2.24) is 10.8 Å². The molecule has 0 saturated carbocycles. The third kappa shape index (κ3) is 15.9. The Bertz CT molecular complexity index is 183. The SMILES string of the molecule is CCCCCCCC(=O)ONCCNCCN.[Mn]. The molecule has 0 aliphatic heterocycles. The van der Waals surface area contributed by atoms with Gasteiger partial charge in [0.15, 0.2) is 0 Å². The van der Waals surface area contributed by atoms with E-state index in [2.05, 4.69) is 17.7 Å². The molecule has 0 rings (SSSR count). The number of hydrogen-bond acceptors (Lipinski definition) is 5. The zero-order valence-electron chi connectivity index (χ0n) is 11.3. The van der Waals surface area contributed by atoms with Gasteiger partial charge in [0.2, 0.25) is 0 Å². The van der Waals surface area contributed by atoms with Crippen molar-refractivity contribution in [2.24, 2.45) is 5.73 Å². The quantitative estimate of drug-likeness (QED) is 0.284. The Kier molecular flexibility index (Phi) is 18.9. The van der Waals surface area contributed by atoms with E-state index in [0.717, 1.165) is 25.9 Å². The third-order valence-electron chi connectivity index (χ3n) is 2.40. The van der Waals surface area contributed by atoms with Gasteiger partial charge in [0.1, 0.15) is 0 Å². The van der Waals surface area contributed by atoms with Crippen molar-refractivity contribution in [3.05, 3.63) is 0 Å². The molecule has 1 radical (unpaired) electrons. The van der Waals surface area contributed by atoms with Crippen molar-refractivity contribution in [3.63, 3.8) is 0 Å².